The number of halogens is 1. The number of hydrogen-bond donors (Lipinski definition) is 1. The fourth-order valence-corrected chi connectivity index (χ4v) is 4.40. The molecule has 1 saturated heterocycles. The van der Waals surface area contributed by atoms with Crippen LogP contribution in [-0.2, 0) is 14.8 Å². The van der Waals surface area contributed by atoms with Crippen molar-refractivity contribution in [1.29, 1.82) is 0 Å². The fourth-order valence-electron chi connectivity index (χ4n) is 2.68. The number of sulfonamides is 1. The maximum absolute atomic E-state index is 12.5. The minimum atomic E-state index is -3.82. The average Bonchev–Trinajstić information content (AvgIpc) is 2.46. The molecule has 2 rings (SSSR count). The van der Waals surface area contributed by atoms with Crippen molar-refractivity contribution < 1.29 is 13.2 Å². The van der Waals surface area contributed by atoms with Gasteiger partial charge in [-0.2, -0.15) is 4.72 Å². The largest absolute Gasteiger partial charge is 0.339 e. The third kappa shape index (κ3) is 3.80. The number of nitrogens with one attached hydrogen (secondary N) is 1. The maximum atomic E-state index is 12.5. The summed E-state index contributed by atoms with van der Waals surface area (Å²) in [6.07, 6.45) is 3.01. The molecular weight excluding hydrogens is 324 g/mol. The van der Waals surface area contributed by atoms with E-state index >= 15 is 0 Å². The van der Waals surface area contributed by atoms with Crippen LogP contribution in [0.4, 0.5) is 0 Å². The van der Waals surface area contributed by atoms with E-state index in [2.05, 4.69) is 4.72 Å². The van der Waals surface area contributed by atoms with Gasteiger partial charge in [-0.05, 0) is 45.2 Å². The number of piperidine rings is 1. The standard InChI is InChI=1S/C15H21ClN2O3S/c1-11-7-5-6-10-18(11)15(19)12(2)17-22(20,21)14-9-4-3-8-13(14)16/h3-4,8-9,11-12,17H,5-7,10H2,1-2H3/t11-,12+/m0/s1. The molecule has 1 aromatic rings. The summed E-state index contributed by atoms with van der Waals surface area (Å²) in [4.78, 5) is 14.2. The van der Waals surface area contributed by atoms with Crippen molar-refractivity contribution in [3.63, 3.8) is 0 Å². The quantitative estimate of drug-likeness (QED) is 0.912. The van der Waals surface area contributed by atoms with Crippen LogP contribution in [0.15, 0.2) is 29.2 Å². The van der Waals surface area contributed by atoms with Gasteiger partial charge >= 0.3 is 0 Å². The second kappa shape index (κ2) is 6.98. The van der Waals surface area contributed by atoms with Crippen molar-refractivity contribution in [2.45, 2.75) is 50.1 Å². The molecule has 5 nitrogen and oxygen atoms in total. The number of carbonyl (C=O) groups excluding carboxylic acids is 1. The van der Waals surface area contributed by atoms with Gasteiger partial charge in [0.05, 0.1) is 11.1 Å². The molecule has 0 aromatic heterocycles. The van der Waals surface area contributed by atoms with Gasteiger partial charge in [-0.1, -0.05) is 23.7 Å². The fraction of sp³-hybridized carbons (Fsp3) is 0.533. The summed E-state index contributed by atoms with van der Waals surface area (Å²) in [5.74, 6) is -0.192. The van der Waals surface area contributed by atoms with Gasteiger partial charge in [0.15, 0.2) is 0 Å². The van der Waals surface area contributed by atoms with Gasteiger partial charge in [0.2, 0.25) is 15.9 Å². The Bertz CT molecular complexity index is 648. The molecule has 22 heavy (non-hydrogen) atoms. The van der Waals surface area contributed by atoms with Crippen LogP contribution >= 0.6 is 11.6 Å². The molecule has 0 spiro atoms. The first-order valence-corrected chi connectivity index (χ1v) is 9.26. The number of hydrogen-bond acceptors (Lipinski definition) is 3. The third-order valence-corrected chi connectivity index (χ3v) is 5.96. The molecule has 7 heteroatoms. The van der Waals surface area contributed by atoms with E-state index < -0.39 is 16.1 Å². The molecule has 122 valence electrons. The second-order valence-corrected chi connectivity index (χ2v) is 7.74. The van der Waals surface area contributed by atoms with E-state index in [1.165, 1.54) is 12.1 Å². The van der Waals surface area contributed by atoms with Gasteiger partial charge in [0.25, 0.3) is 0 Å². The average molecular weight is 345 g/mol. The molecule has 0 radical (unpaired) electrons. The van der Waals surface area contributed by atoms with Gasteiger partial charge in [0, 0.05) is 12.6 Å². The molecule has 0 unspecified atom stereocenters. The van der Waals surface area contributed by atoms with Crippen LogP contribution in [0, 0.1) is 0 Å². The predicted molar refractivity (Wildman–Crippen MR) is 86.3 cm³/mol. The number of benzene rings is 1. The van der Waals surface area contributed by atoms with E-state index in [1.807, 2.05) is 6.92 Å². The van der Waals surface area contributed by atoms with Crippen molar-refractivity contribution >= 4 is 27.5 Å². The van der Waals surface area contributed by atoms with E-state index in [9.17, 15) is 13.2 Å². The minimum absolute atomic E-state index is 0.0111. The highest BCUT2D eigenvalue weighted by molar-refractivity contribution is 7.89. The van der Waals surface area contributed by atoms with E-state index in [0.717, 1.165) is 19.3 Å². The Balaban J connectivity index is 2.12. The summed E-state index contributed by atoms with van der Waals surface area (Å²) in [5.41, 5.74) is 0. The van der Waals surface area contributed by atoms with Crippen LogP contribution in [-0.4, -0.2) is 37.9 Å². The number of rotatable bonds is 4. The molecule has 1 aliphatic rings. The van der Waals surface area contributed by atoms with E-state index in [0.29, 0.717) is 6.54 Å². The van der Waals surface area contributed by atoms with Gasteiger partial charge < -0.3 is 4.90 Å². The summed E-state index contributed by atoms with van der Waals surface area (Å²) in [6.45, 7) is 4.24. The smallest absolute Gasteiger partial charge is 0.242 e. The first-order valence-electron chi connectivity index (χ1n) is 7.40. The molecule has 0 bridgehead atoms. The molecule has 1 N–H and O–H groups in total. The zero-order chi connectivity index (χ0) is 16.3. The van der Waals surface area contributed by atoms with Crippen molar-refractivity contribution in [2.75, 3.05) is 6.54 Å². The summed E-state index contributed by atoms with van der Waals surface area (Å²) < 4.78 is 27.2. The molecule has 1 amide bonds. The Labute approximate surface area is 136 Å². The molecule has 0 saturated carbocycles. The second-order valence-electron chi connectivity index (χ2n) is 5.65. The molecule has 1 fully saturated rings. The summed E-state index contributed by atoms with van der Waals surface area (Å²) in [7, 11) is -3.82. The molecule has 2 atom stereocenters. The first-order chi connectivity index (χ1) is 10.3. The van der Waals surface area contributed by atoms with Gasteiger partial charge in [-0.15, -0.1) is 0 Å². The Morgan fingerprint density at radius 2 is 2.05 bits per heavy atom. The van der Waals surface area contributed by atoms with Crippen molar-refractivity contribution in [3.8, 4) is 0 Å². The van der Waals surface area contributed by atoms with Crippen LogP contribution in [0.25, 0.3) is 0 Å². The van der Waals surface area contributed by atoms with Crippen LogP contribution in [0.1, 0.15) is 33.1 Å². The lowest BCUT2D eigenvalue weighted by Crippen LogP contribution is -2.51. The molecule has 1 aliphatic heterocycles. The number of carbonyl (C=O) groups is 1. The Morgan fingerprint density at radius 1 is 1.36 bits per heavy atom. The molecule has 0 aliphatic carbocycles. The van der Waals surface area contributed by atoms with Gasteiger partial charge in [-0.3, -0.25) is 4.79 Å². The lowest BCUT2D eigenvalue weighted by atomic mass is 10.0. The normalized spacial score (nSPS) is 20.7. The lowest BCUT2D eigenvalue weighted by Gasteiger charge is -2.35. The third-order valence-electron chi connectivity index (χ3n) is 3.91. The minimum Gasteiger partial charge on any atom is -0.339 e. The number of likely N-dealkylation sites (tertiary alicyclic amines) is 1. The van der Waals surface area contributed by atoms with Crippen molar-refractivity contribution in [3.05, 3.63) is 29.3 Å². The topological polar surface area (TPSA) is 66.5 Å². The molecule has 1 aromatic carbocycles. The Morgan fingerprint density at radius 3 is 2.68 bits per heavy atom. The van der Waals surface area contributed by atoms with E-state index in [-0.39, 0.29) is 21.9 Å². The summed E-state index contributed by atoms with van der Waals surface area (Å²) >= 11 is 5.93. The van der Waals surface area contributed by atoms with Gasteiger partial charge in [-0.25, -0.2) is 8.42 Å². The zero-order valence-corrected chi connectivity index (χ0v) is 14.3. The van der Waals surface area contributed by atoms with Gasteiger partial charge in [0.1, 0.15) is 4.90 Å². The molecule has 1 heterocycles. The predicted octanol–water partition coefficient (Wildman–Crippen LogP) is 2.41. The lowest BCUT2D eigenvalue weighted by molar-refractivity contribution is -0.135. The zero-order valence-electron chi connectivity index (χ0n) is 12.8. The highest BCUT2D eigenvalue weighted by atomic mass is 35.5. The number of amides is 1. The summed E-state index contributed by atoms with van der Waals surface area (Å²) in [6, 6.07) is 5.52. The monoisotopic (exact) mass is 344 g/mol. The molecular formula is C15H21ClN2O3S. The summed E-state index contributed by atoms with van der Waals surface area (Å²) in [5, 5.41) is 0.140. The van der Waals surface area contributed by atoms with Crippen molar-refractivity contribution in [1.82, 2.24) is 9.62 Å². The van der Waals surface area contributed by atoms with Crippen molar-refractivity contribution in [2.24, 2.45) is 0 Å². The first kappa shape index (κ1) is 17.2. The highest BCUT2D eigenvalue weighted by Gasteiger charge is 2.30. The van der Waals surface area contributed by atoms with Crippen LogP contribution in [0.2, 0.25) is 5.02 Å². The number of nitrogens with zero attached hydrogens (tertiary/aromatic N) is 1. The Hall–Kier alpha value is -1.11. The maximum Gasteiger partial charge on any atom is 0.242 e. The highest BCUT2D eigenvalue weighted by Crippen LogP contribution is 2.21. The van der Waals surface area contributed by atoms with Crippen LogP contribution in [0.3, 0.4) is 0 Å². The van der Waals surface area contributed by atoms with Crippen LogP contribution in [0.5, 0.6) is 0 Å². The van der Waals surface area contributed by atoms with E-state index in [4.69, 9.17) is 11.6 Å². The van der Waals surface area contributed by atoms with Crippen LogP contribution < -0.4 is 4.72 Å². The SMILES string of the molecule is C[C@@H](NS(=O)(=O)c1ccccc1Cl)C(=O)N1CCCC[C@@H]1C. The van der Waals surface area contributed by atoms with E-state index in [1.54, 1.807) is 24.0 Å². The Kier molecular flexibility index (Phi) is 5.47.